The number of aliphatic carboxylic acids is 1. The molecule has 0 bridgehead atoms. The number of carbonyl (C=O) groups is 2. The van der Waals surface area contributed by atoms with E-state index in [0.29, 0.717) is 10.6 Å². The Morgan fingerprint density at radius 3 is 2.55 bits per heavy atom. The summed E-state index contributed by atoms with van der Waals surface area (Å²) < 4.78 is 25.7. The summed E-state index contributed by atoms with van der Waals surface area (Å²) >= 11 is 1.10. The number of primary amides is 1. The van der Waals surface area contributed by atoms with Crippen LogP contribution in [0.5, 0.6) is 0 Å². The van der Waals surface area contributed by atoms with Crippen molar-refractivity contribution >= 4 is 39.3 Å². The molecule has 0 spiro atoms. The molecule has 0 saturated carbocycles. The number of sulfonamides is 1. The highest BCUT2D eigenvalue weighted by Crippen LogP contribution is 2.27. The number of rotatable bonds is 8. The van der Waals surface area contributed by atoms with E-state index in [-0.39, 0.29) is 5.75 Å². The Balaban J connectivity index is 2.81. The molecule has 0 aliphatic rings. The van der Waals surface area contributed by atoms with Crippen molar-refractivity contribution in [1.29, 1.82) is 0 Å². The average molecular weight is 318 g/mol. The lowest BCUT2D eigenvalue weighted by Gasteiger charge is -2.11. The molecule has 20 heavy (non-hydrogen) atoms. The summed E-state index contributed by atoms with van der Waals surface area (Å²) in [5.41, 5.74) is 5.33. The van der Waals surface area contributed by atoms with Crippen LogP contribution >= 0.6 is 11.8 Å². The van der Waals surface area contributed by atoms with Gasteiger partial charge in [-0.05, 0) is 12.1 Å². The van der Waals surface area contributed by atoms with Crippen LogP contribution in [0.4, 0.5) is 5.69 Å². The number of amides is 1. The molecule has 1 rings (SSSR count). The van der Waals surface area contributed by atoms with Gasteiger partial charge in [-0.2, -0.15) is 0 Å². The van der Waals surface area contributed by atoms with Crippen LogP contribution < -0.4 is 10.5 Å². The Bertz CT molecular complexity index is 601. The minimum absolute atomic E-state index is 0.0217. The second-order valence-electron chi connectivity index (χ2n) is 3.82. The zero-order valence-corrected chi connectivity index (χ0v) is 12.0. The van der Waals surface area contributed by atoms with Gasteiger partial charge in [-0.15, -0.1) is 11.8 Å². The van der Waals surface area contributed by atoms with Crippen LogP contribution in [0.2, 0.25) is 0 Å². The lowest BCUT2D eigenvalue weighted by Crippen LogP contribution is -2.19. The van der Waals surface area contributed by atoms with Crippen molar-refractivity contribution in [1.82, 2.24) is 0 Å². The Morgan fingerprint density at radius 2 is 1.95 bits per heavy atom. The quantitative estimate of drug-likeness (QED) is 0.598. The Hall–Kier alpha value is -1.74. The number of carbonyl (C=O) groups excluding carboxylic acids is 1. The van der Waals surface area contributed by atoms with Crippen molar-refractivity contribution < 1.29 is 23.1 Å². The highest BCUT2D eigenvalue weighted by Gasteiger charge is 2.15. The summed E-state index contributed by atoms with van der Waals surface area (Å²) in [5, 5.41) is 8.50. The molecule has 0 radical (unpaired) electrons. The fourth-order valence-electron chi connectivity index (χ4n) is 1.27. The lowest BCUT2D eigenvalue weighted by molar-refractivity contribution is -0.136. The fraction of sp³-hybridized carbons (Fsp3) is 0.273. The van der Waals surface area contributed by atoms with Gasteiger partial charge in [0.2, 0.25) is 15.9 Å². The summed E-state index contributed by atoms with van der Waals surface area (Å²) in [5.74, 6) is -2.20. The molecule has 9 heteroatoms. The predicted octanol–water partition coefficient (Wildman–Crippen LogP) is 0.480. The van der Waals surface area contributed by atoms with E-state index in [2.05, 4.69) is 4.72 Å². The molecule has 4 N–H and O–H groups in total. The van der Waals surface area contributed by atoms with Crippen molar-refractivity contribution in [2.24, 2.45) is 5.73 Å². The maximum atomic E-state index is 11.7. The Labute approximate surface area is 120 Å². The Morgan fingerprint density at radius 1 is 1.30 bits per heavy atom. The second kappa shape index (κ2) is 7.15. The van der Waals surface area contributed by atoms with E-state index >= 15 is 0 Å². The standard InChI is InChI=1S/C11H14N2O5S2/c12-10(14)7-19-9-4-2-1-3-8(9)13-20(17,18)6-5-11(15)16/h1-4,13H,5-7H2,(H2,12,14)(H,15,16). The third-order valence-electron chi connectivity index (χ3n) is 2.11. The molecule has 0 fully saturated rings. The normalized spacial score (nSPS) is 11.0. The molecule has 7 nitrogen and oxygen atoms in total. The SMILES string of the molecule is NC(=O)CSc1ccccc1NS(=O)(=O)CCC(=O)O. The van der Waals surface area contributed by atoms with Crippen molar-refractivity contribution in [3.63, 3.8) is 0 Å². The second-order valence-corrected chi connectivity index (χ2v) is 6.67. The van der Waals surface area contributed by atoms with Gasteiger partial charge in [-0.25, -0.2) is 8.42 Å². The van der Waals surface area contributed by atoms with E-state index in [1.54, 1.807) is 18.2 Å². The summed E-state index contributed by atoms with van der Waals surface area (Å²) in [6.45, 7) is 0. The van der Waals surface area contributed by atoms with Crippen molar-refractivity contribution in [3.05, 3.63) is 24.3 Å². The van der Waals surface area contributed by atoms with Gasteiger partial charge in [0, 0.05) is 4.90 Å². The molecular formula is C11H14N2O5S2. The molecule has 0 unspecified atom stereocenters. The third kappa shape index (κ3) is 5.93. The molecule has 0 aromatic heterocycles. The average Bonchev–Trinajstić information content (AvgIpc) is 2.35. The molecule has 0 saturated heterocycles. The number of nitrogens with two attached hydrogens (primary N) is 1. The van der Waals surface area contributed by atoms with E-state index in [0.717, 1.165) is 11.8 Å². The van der Waals surface area contributed by atoms with E-state index < -0.39 is 34.1 Å². The summed E-state index contributed by atoms with van der Waals surface area (Å²) in [6.07, 6.45) is -0.480. The van der Waals surface area contributed by atoms with Crippen LogP contribution in [-0.4, -0.2) is 36.9 Å². The van der Waals surface area contributed by atoms with Crippen LogP contribution in [-0.2, 0) is 19.6 Å². The van der Waals surface area contributed by atoms with Gasteiger partial charge in [-0.3, -0.25) is 14.3 Å². The number of para-hydroxylation sites is 1. The van der Waals surface area contributed by atoms with Gasteiger partial charge in [-0.1, -0.05) is 12.1 Å². The molecule has 0 aliphatic heterocycles. The monoisotopic (exact) mass is 318 g/mol. The van der Waals surface area contributed by atoms with Gasteiger partial charge in [0.1, 0.15) is 0 Å². The van der Waals surface area contributed by atoms with Gasteiger partial charge < -0.3 is 10.8 Å². The van der Waals surface area contributed by atoms with Gasteiger partial charge >= 0.3 is 5.97 Å². The zero-order valence-electron chi connectivity index (χ0n) is 10.4. The third-order valence-corrected chi connectivity index (χ3v) is 4.48. The first-order valence-electron chi connectivity index (χ1n) is 5.52. The van der Waals surface area contributed by atoms with E-state index in [1.807, 2.05) is 0 Å². The van der Waals surface area contributed by atoms with Gasteiger partial charge in [0.25, 0.3) is 0 Å². The smallest absolute Gasteiger partial charge is 0.304 e. The number of anilines is 1. The van der Waals surface area contributed by atoms with E-state index in [9.17, 15) is 18.0 Å². The number of benzene rings is 1. The number of thioether (sulfide) groups is 1. The van der Waals surface area contributed by atoms with Crippen LogP contribution in [0.1, 0.15) is 6.42 Å². The highest BCUT2D eigenvalue weighted by molar-refractivity contribution is 8.00. The van der Waals surface area contributed by atoms with Gasteiger partial charge in [0.05, 0.1) is 23.6 Å². The largest absolute Gasteiger partial charge is 0.481 e. The summed E-state index contributed by atoms with van der Waals surface area (Å²) in [6, 6.07) is 6.49. The fourth-order valence-corrected chi connectivity index (χ4v) is 3.14. The zero-order chi connectivity index (χ0) is 15.2. The van der Waals surface area contributed by atoms with Gasteiger partial charge in [0.15, 0.2) is 0 Å². The van der Waals surface area contributed by atoms with E-state index in [1.165, 1.54) is 6.07 Å². The highest BCUT2D eigenvalue weighted by atomic mass is 32.2. The van der Waals surface area contributed by atoms with Crippen molar-refractivity contribution in [2.45, 2.75) is 11.3 Å². The maximum absolute atomic E-state index is 11.7. The number of hydrogen-bond donors (Lipinski definition) is 3. The van der Waals surface area contributed by atoms with Crippen LogP contribution in [0.3, 0.4) is 0 Å². The molecule has 1 aromatic carbocycles. The number of carboxylic acid groups (broad SMARTS) is 1. The van der Waals surface area contributed by atoms with Crippen LogP contribution in [0.15, 0.2) is 29.2 Å². The predicted molar refractivity (Wildman–Crippen MR) is 76.0 cm³/mol. The number of carboxylic acids is 1. The molecule has 110 valence electrons. The van der Waals surface area contributed by atoms with E-state index in [4.69, 9.17) is 10.8 Å². The maximum Gasteiger partial charge on any atom is 0.304 e. The topological polar surface area (TPSA) is 127 Å². The van der Waals surface area contributed by atoms with Crippen LogP contribution in [0, 0.1) is 0 Å². The van der Waals surface area contributed by atoms with Crippen LogP contribution in [0.25, 0.3) is 0 Å². The minimum Gasteiger partial charge on any atom is -0.481 e. The first kappa shape index (κ1) is 16.3. The molecule has 1 amide bonds. The number of hydrogen-bond acceptors (Lipinski definition) is 5. The molecule has 0 atom stereocenters. The minimum atomic E-state index is -3.75. The molecular weight excluding hydrogens is 304 g/mol. The number of nitrogens with one attached hydrogen (secondary N) is 1. The first-order chi connectivity index (χ1) is 9.30. The summed E-state index contributed by atoms with van der Waals surface area (Å²) in [4.78, 5) is 21.7. The lowest BCUT2D eigenvalue weighted by atomic mass is 10.3. The molecule has 0 heterocycles. The Kier molecular flexibility index (Phi) is 5.83. The van der Waals surface area contributed by atoms with Crippen molar-refractivity contribution in [2.75, 3.05) is 16.2 Å². The first-order valence-corrected chi connectivity index (χ1v) is 8.16. The van der Waals surface area contributed by atoms with Crippen molar-refractivity contribution in [3.8, 4) is 0 Å². The molecule has 1 aromatic rings. The molecule has 0 aliphatic carbocycles. The summed E-state index contributed by atoms with van der Waals surface area (Å²) in [7, 11) is -3.75.